The van der Waals surface area contributed by atoms with E-state index in [0.29, 0.717) is 0 Å². The Hall–Kier alpha value is 0.651. The Kier molecular flexibility index (Phi) is 5.75. The van der Waals surface area contributed by atoms with Crippen LogP contribution in [0.15, 0.2) is 0 Å². The molecule has 0 aliphatic rings. The largest absolute Gasteiger partial charge is 0.256 e. The summed E-state index contributed by atoms with van der Waals surface area (Å²) in [6, 6.07) is 0. The van der Waals surface area contributed by atoms with Gasteiger partial charge < -0.3 is 0 Å². The fourth-order valence-electron chi connectivity index (χ4n) is 3.95. The van der Waals surface area contributed by atoms with E-state index in [1.807, 2.05) is 0 Å². The van der Waals surface area contributed by atoms with Gasteiger partial charge in [0, 0.05) is 0 Å². The fourth-order valence-corrected chi connectivity index (χ4v) is 43.0. The minimum absolute atomic E-state index is 0.123. The second-order valence-electron chi connectivity index (χ2n) is 7.27. The standard InChI is InChI=1S/C13H33Si3/c1-11(2)16(12(3)4,13(5)6)14(7)15(8,9)10/h11-13H,1-10H3/q-1. The molecule has 3 heteroatoms. The van der Waals surface area contributed by atoms with Crippen molar-refractivity contribution in [3.05, 3.63) is 0 Å². The van der Waals surface area contributed by atoms with Gasteiger partial charge in [0.25, 0.3) is 0 Å². The summed E-state index contributed by atoms with van der Waals surface area (Å²) in [6.07, 6.45) is 0. The van der Waals surface area contributed by atoms with Crippen molar-refractivity contribution in [2.45, 2.75) is 84.4 Å². The lowest BCUT2D eigenvalue weighted by Gasteiger charge is -2.62. The zero-order chi connectivity index (χ0) is 13.3. The van der Waals surface area contributed by atoms with Crippen molar-refractivity contribution in [1.82, 2.24) is 0 Å². The molecule has 0 radical (unpaired) electrons. The van der Waals surface area contributed by atoms with Gasteiger partial charge in [-0.15, -0.1) is 7.59 Å². The van der Waals surface area contributed by atoms with E-state index in [9.17, 15) is 0 Å². The third-order valence-corrected chi connectivity index (χ3v) is 40.4. The molecule has 98 valence electrons. The van der Waals surface area contributed by atoms with Crippen LogP contribution in [0.1, 0.15) is 41.5 Å². The summed E-state index contributed by atoms with van der Waals surface area (Å²) in [4.78, 5) is 0. The van der Waals surface area contributed by atoms with E-state index in [2.05, 4.69) is 67.7 Å². The van der Waals surface area contributed by atoms with Gasteiger partial charge in [0.15, 0.2) is 0 Å². The van der Waals surface area contributed by atoms with Crippen molar-refractivity contribution in [3.8, 4) is 0 Å². The Morgan fingerprint density at radius 2 is 0.938 bits per heavy atom. The zero-order valence-corrected chi connectivity index (χ0v) is 16.2. The van der Waals surface area contributed by atoms with Gasteiger partial charge in [-0.05, 0) is 0 Å². The van der Waals surface area contributed by atoms with Crippen LogP contribution in [0, 0.1) is 0 Å². The first-order valence-corrected chi connectivity index (χ1v) is 16.6. The van der Waals surface area contributed by atoms with E-state index in [4.69, 9.17) is 0 Å². The quantitative estimate of drug-likeness (QED) is 0.598. The second kappa shape index (κ2) is 5.53. The van der Waals surface area contributed by atoms with Crippen LogP contribution in [-0.4, -0.2) is 23.0 Å². The molecule has 0 amide bonds. The van der Waals surface area contributed by atoms with Crippen LogP contribution >= 0.6 is 0 Å². The van der Waals surface area contributed by atoms with Crippen LogP contribution in [0.2, 0.25) is 42.8 Å². The Morgan fingerprint density at radius 3 is 1.00 bits per heavy atom. The highest BCUT2D eigenvalue weighted by Crippen LogP contribution is 2.45. The molecule has 0 aliphatic heterocycles. The van der Waals surface area contributed by atoms with Gasteiger partial charge in [-0.25, -0.2) is 0 Å². The van der Waals surface area contributed by atoms with Crippen molar-refractivity contribution < 1.29 is 0 Å². The number of hydrogen-bond acceptors (Lipinski definition) is 0. The second-order valence-corrected chi connectivity index (χ2v) is 31.5. The molecule has 0 atom stereocenters. The van der Waals surface area contributed by atoms with Crippen LogP contribution in [0.3, 0.4) is 0 Å². The molecule has 0 rings (SSSR count). The molecule has 16 heavy (non-hydrogen) atoms. The molecular formula is C13H33Si3-. The Labute approximate surface area is 107 Å². The Balaban J connectivity index is 5.54. The fraction of sp³-hybridized carbons (Fsp3) is 1.00. The van der Waals surface area contributed by atoms with E-state index in [1.165, 1.54) is 0 Å². The summed E-state index contributed by atoms with van der Waals surface area (Å²) < 4.78 is 0. The van der Waals surface area contributed by atoms with Gasteiger partial charge in [0.2, 0.25) is 0 Å². The molecule has 0 saturated heterocycles. The van der Waals surface area contributed by atoms with Crippen molar-refractivity contribution >= 4 is 23.0 Å². The minimum Gasteiger partial charge on any atom is -0.256 e. The van der Waals surface area contributed by atoms with E-state index < -0.39 is 15.2 Å². The molecule has 0 aromatic heterocycles. The molecule has 0 nitrogen and oxygen atoms in total. The van der Waals surface area contributed by atoms with Crippen LogP contribution in [0.5, 0.6) is 0 Å². The predicted molar refractivity (Wildman–Crippen MR) is 86.0 cm³/mol. The lowest BCUT2D eigenvalue weighted by molar-refractivity contribution is 0.845. The average molecular weight is 274 g/mol. The molecule has 0 aromatic carbocycles. The van der Waals surface area contributed by atoms with Crippen LogP contribution < -0.4 is 0 Å². The van der Waals surface area contributed by atoms with Crippen molar-refractivity contribution in [2.75, 3.05) is 0 Å². The van der Waals surface area contributed by atoms with E-state index in [0.717, 1.165) is 16.6 Å². The Bertz CT molecular complexity index is 192. The molecule has 0 aliphatic carbocycles. The van der Waals surface area contributed by atoms with E-state index in [-0.39, 0.29) is 7.83 Å². The van der Waals surface area contributed by atoms with Gasteiger partial charge in [-0.2, -0.15) is 6.55 Å². The highest BCUT2D eigenvalue weighted by Gasteiger charge is 2.40. The van der Waals surface area contributed by atoms with Gasteiger partial charge >= 0.3 is 0 Å². The first kappa shape index (κ1) is 16.7. The third-order valence-electron chi connectivity index (χ3n) is 4.64. The third kappa shape index (κ3) is 2.91. The molecule has 0 aromatic rings. The Morgan fingerprint density at radius 1 is 0.688 bits per heavy atom. The smallest absolute Gasteiger partial charge is 0.0678 e. The van der Waals surface area contributed by atoms with Crippen LogP contribution in [-0.2, 0) is 0 Å². The molecule has 0 fully saturated rings. The maximum Gasteiger partial charge on any atom is -0.0678 e. The summed E-state index contributed by atoms with van der Waals surface area (Å²) in [7, 11) is -2.15. The molecule has 0 unspecified atom stereocenters. The maximum atomic E-state index is 2.68. The number of hydrogen-bond donors (Lipinski definition) is 0. The highest BCUT2D eigenvalue weighted by molar-refractivity contribution is 7.61. The summed E-state index contributed by atoms with van der Waals surface area (Å²) in [5.74, 6) is 0. The van der Waals surface area contributed by atoms with Gasteiger partial charge in [0.1, 0.15) is 0 Å². The molecular weight excluding hydrogens is 240 g/mol. The average Bonchev–Trinajstić information content (AvgIpc) is 2.00. The number of rotatable bonds is 5. The van der Waals surface area contributed by atoms with Gasteiger partial charge in [-0.1, -0.05) is 85.4 Å². The van der Waals surface area contributed by atoms with E-state index in [1.54, 1.807) is 0 Å². The molecule has 0 saturated carbocycles. The first-order valence-electron chi connectivity index (χ1n) is 6.83. The predicted octanol–water partition coefficient (Wildman–Crippen LogP) is 5.28. The normalized spacial score (nSPS) is 14.6. The van der Waals surface area contributed by atoms with Crippen molar-refractivity contribution in [3.63, 3.8) is 0 Å². The first-order chi connectivity index (χ1) is 6.98. The van der Waals surface area contributed by atoms with Crippen LogP contribution in [0.4, 0.5) is 0 Å². The summed E-state index contributed by atoms with van der Waals surface area (Å²) >= 11 is 0. The minimum atomic E-state index is -1.10. The van der Waals surface area contributed by atoms with Gasteiger partial charge in [-0.3, -0.25) is 7.83 Å². The monoisotopic (exact) mass is 273 g/mol. The topological polar surface area (TPSA) is 0 Å². The van der Waals surface area contributed by atoms with Crippen molar-refractivity contribution in [2.24, 2.45) is 0 Å². The van der Waals surface area contributed by atoms with E-state index >= 15 is 0 Å². The van der Waals surface area contributed by atoms with Crippen molar-refractivity contribution in [1.29, 1.82) is 0 Å². The van der Waals surface area contributed by atoms with Gasteiger partial charge in [0.05, 0.1) is 0 Å². The molecule has 0 bridgehead atoms. The molecule has 0 N–H and O–H groups in total. The zero-order valence-electron chi connectivity index (χ0n) is 13.2. The molecule has 0 heterocycles. The highest BCUT2D eigenvalue weighted by atomic mass is 29.6. The van der Waals surface area contributed by atoms with Crippen LogP contribution in [0.25, 0.3) is 0 Å². The summed E-state index contributed by atoms with van der Waals surface area (Å²) in [5, 5.41) is 0. The SMILES string of the molecule is CC(C)[Si](C(C)C)(C(C)C)[Si-](C)[Si](C)(C)C. The lowest BCUT2D eigenvalue weighted by atomic mass is 10.5. The summed E-state index contributed by atoms with van der Waals surface area (Å²) in [5.41, 5.74) is 2.87. The summed E-state index contributed by atoms with van der Waals surface area (Å²) in [6.45, 7) is 25.6. The molecule has 0 spiro atoms. The lowest BCUT2D eigenvalue weighted by Crippen LogP contribution is -2.66. The maximum absolute atomic E-state index is 2.68.